The van der Waals surface area contributed by atoms with Crippen molar-refractivity contribution in [1.82, 2.24) is 14.9 Å². The minimum absolute atomic E-state index is 0.138. The number of benzene rings is 2. The maximum Gasteiger partial charge on any atom is 0.223 e. The number of hydrogen-bond donors (Lipinski definition) is 0. The van der Waals surface area contributed by atoms with Gasteiger partial charge in [0.25, 0.3) is 0 Å². The van der Waals surface area contributed by atoms with Crippen LogP contribution in [0.1, 0.15) is 41.6 Å². The monoisotopic (exact) mass is 415 g/mol. The predicted octanol–water partition coefficient (Wildman–Crippen LogP) is 5.65. The molecule has 2 aromatic heterocycles. The minimum atomic E-state index is -0.177. The van der Waals surface area contributed by atoms with Crippen LogP contribution < -0.4 is 0 Å². The van der Waals surface area contributed by atoms with Crippen molar-refractivity contribution in [2.45, 2.75) is 31.7 Å². The summed E-state index contributed by atoms with van der Waals surface area (Å²) in [7, 11) is 1.88. The minimum Gasteiger partial charge on any atom is -0.333 e. The molecule has 0 saturated heterocycles. The molecule has 152 valence electrons. The van der Waals surface area contributed by atoms with E-state index in [9.17, 15) is 4.79 Å². The van der Waals surface area contributed by atoms with Gasteiger partial charge >= 0.3 is 0 Å². The molecule has 4 aromatic rings. The van der Waals surface area contributed by atoms with Crippen LogP contribution in [0.4, 0.5) is 0 Å². The Hall–Kier alpha value is -3.05. The molecule has 30 heavy (non-hydrogen) atoms. The first-order valence-corrected chi connectivity index (χ1v) is 11.1. The van der Waals surface area contributed by atoms with Gasteiger partial charge in [0.1, 0.15) is 0 Å². The Labute approximate surface area is 181 Å². The third kappa shape index (κ3) is 4.74. The number of carbonyl (C=O) groups excluding carboxylic acids is 1. The standard InChI is InChI=1S/C25H25N3OS/c1-28(25(19-11-3-2-4-12-19)21-14-9-10-18-26-21)24(29)17-8-7-16-23-27-20-13-5-6-15-22(20)30-23/h2-6,9-15,18,25H,7-8,16-17H2,1H3. The van der Waals surface area contributed by atoms with Crippen molar-refractivity contribution in [2.75, 3.05) is 7.05 Å². The third-order valence-electron chi connectivity index (χ3n) is 5.23. The Morgan fingerprint density at radius 3 is 2.50 bits per heavy atom. The molecule has 5 heteroatoms. The zero-order valence-electron chi connectivity index (χ0n) is 17.1. The lowest BCUT2D eigenvalue weighted by atomic mass is 10.0. The number of aryl methyl sites for hydroxylation is 1. The van der Waals surface area contributed by atoms with E-state index < -0.39 is 0 Å². The van der Waals surface area contributed by atoms with E-state index in [1.54, 1.807) is 17.5 Å². The van der Waals surface area contributed by atoms with Gasteiger partial charge in [-0.15, -0.1) is 11.3 Å². The summed E-state index contributed by atoms with van der Waals surface area (Å²) in [6.45, 7) is 0. The average molecular weight is 416 g/mol. The summed E-state index contributed by atoms with van der Waals surface area (Å²) in [5.74, 6) is 0.138. The van der Waals surface area contributed by atoms with Gasteiger partial charge in [-0.2, -0.15) is 0 Å². The molecular weight excluding hydrogens is 390 g/mol. The largest absolute Gasteiger partial charge is 0.333 e. The number of para-hydroxylation sites is 1. The molecule has 2 heterocycles. The van der Waals surface area contributed by atoms with Crippen LogP contribution in [0.15, 0.2) is 79.0 Å². The number of fused-ring (bicyclic) bond motifs is 1. The Kier molecular flexibility index (Phi) is 6.50. The fraction of sp³-hybridized carbons (Fsp3) is 0.240. The molecule has 1 amide bonds. The number of pyridine rings is 1. The van der Waals surface area contributed by atoms with Crippen LogP contribution in [0.2, 0.25) is 0 Å². The van der Waals surface area contributed by atoms with E-state index in [-0.39, 0.29) is 11.9 Å². The summed E-state index contributed by atoms with van der Waals surface area (Å²) in [6.07, 6.45) is 5.03. The normalized spacial score (nSPS) is 12.0. The van der Waals surface area contributed by atoms with Crippen LogP contribution >= 0.6 is 11.3 Å². The van der Waals surface area contributed by atoms with E-state index in [0.717, 1.165) is 41.0 Å². The SMILES string of the molecule is CN(C(=O)CCCCc1nc2ccccc2s1)C(c1ccccc1)c1ccccn1. The highest BCUT2D eigenvalue weighted by atomic mass is 32.1. The van der Waals surface area contributed by atoms with Crippen molar-refractivity contribution in [3.8, 4) is 0 Å². The van der Waals surface area contributed by atoms with Gasteiger partial charge in [-0.05, 0) is 49.1 Å². The molecule has 0 saturated carbocycles. The van der Waals surface area contributed by atoms with Crippen molar-refractivity contribution in [3.05, 3.63) is 95.3 Å². The average Bonchev–Trinajstić information content (AvgIpc) is 3.21. The smallest absolute Gasteiger partial charge is 0.223 e. The number of nitrogens with zero attached hydrogens (tertiary/aromatic N) is 3. The van der Waals surface area contributed by atoms with Gasteiger partial charge in [0.15, 0.2) is 0 Å². The maximum atomic E-state index is 13.0. The molecule has 0 N–H and O–H groups in total. The third-order valence-corrected chi connectivity index (χ3v) is 6.33. The first kappa shape index (κ1) is 20.2. The second-order valence-electron chi connectivity index (χ2n) is 7.35. The van der Waals surface area contributed by atoms with E-state index in [1.807, 2.05) is 60.5 Å². The first-order valence-electron chi connectivity index (χ1n) is 10.3. The van der Waals surface area contributed by atoms with Crippen LogP contribution in [0.5, 0.6) is 0 Å². The van der Waals surface area contributed by atoms with E-state index in [4.69, 9.17) is 0 Å². The molecule has 0 fully saturated rings. The molecule has 0 aliphatic carbocycles. The van der Waals surface area contributed by atoms with Gasteiger partial charge in [0, 0.05) is 19.7 Å². The Balaban J connectivity index is 1.37. The van der Waals surface area contributed by atoms with Crippen molar-refractivity contribution in [2.24, 2.45) is 0 Å². The highest BCUT2D eigenvalue weighted by Gasteiger charge is 2.24. The van der Waals surface area contributed by atoms with Gasteiger partial charge in [-0.25, -0.2) is 4.98 Å². The summed E-state index contributed by atoms with van der Waals surface area (Å²) in [5.41, 5.74) is 3.02. The zero-order valence-corrected chi connectivity index (χ0v) is 17.9. The molecule has 0 aliphatic rings. The van der Waals surface area contributed by atoms with Crippen LogP contribution in [0.25, 0.3) is 10.2 Å². The van der Waals surface area contributed by atoms with Crippen molar-refractivity contribution in [3.63, 3.8) is 0 Å². The molecule has 0 radical (unpaired) electrons. The number of carbonyl (C=O) groups is 1. The van der Waals surface area contributed by atoms with Crippen LogP contribution in [0, 0.1) is 0 Å². The lowest BCUT2D eigenvalue weighted by molar-refractivity contribution is -0.131. The zero-order chi connectivity index (χ0) is 20.8. The Bertz CT molecular complexity index is 1020. The topological polar surface area (TPSA) is 46.1 Å². The molecule has 2 aromatic carbocycles. The maximum absolute atomic E-state index is 13.0. The molecule has 0 spiro atoms. The van der Waals surface area contributed by atoms with E-state index in [0.29, 0.717) is 6.42 Å². The lowest BCUT2D eigenvalue weighted by Crippen LogP contribution is -2.32. The number of aromatic nitrogens is 2. The van der Waals surface area contributed by atoms with Gasteiger partial charge in [0.05, 0.1) is 27.0 Å². The molecule has 4 rings (SSSR count). The molecule has 1 atom stereocenters. The van der Waals surface area contributed by atoms with Crippen LogP contribution in [-0.4, -0.2) is 27.8 Å². The van der Waals surface area contributed by atoms with Gasteiger partial charge < -0.3 is 4.90 Å². The molecule has 0 aliphatic heterocycles. The number of hydrogen-bond acceptors (Lipinski definition) is 4. The summed E-state index contributed by atoms with van der Waals surface area (Å²) < 4.78 is 1.23. The lowest BCUT2D eigenvalue weighted by Gasteiger charge is -2.28. The number of amides is 1. The van der Waals surface area contributed by atoms with Gasteiger partial charge in [-0.3, -0.25) is 9.78 Å². The first-order chi connectivity index (χ1) is 14.7. The molecular formula is C25H25N3OS. The number of unbranched alkanes of at least 4 members (excludes halogenated alkanes) is 1. The summed E-state index contributed by atoms with van der Waals surface area (Å²) in [5, 5.41) is 1.15. The fourth-order valence-corrected chi connectivity index (χ4v) is 4.67. The Morgan fingerprint density at radius 1 is 0.967 bits per heavy atom. The van der Waals surface area contributed by atoms with Crippen LogP contribution in [0.3, 0.4) is 0 Å². The van der Waals surface area contributed by atoms with Gasteiger partial charge in [0.2, 0.25) is 5.91 Å². The summed E-state index contributed by atoms with van der Waals surface area (Å²) in [6, 6.07) is 24.0. The van der Waals surface area contributed by atoms with Crippen molar-refractivity contribution in [1.29, 1.82) is 0 Å². The fourth-order valence-electron chi connectivity index (χ4n) is 3.67. The number of thiazole rings is 1. The second-order valence-corrected chi connectivity index (χ2v) is 8.47. The molecule has 0 bridgehead atoms. The van der Waals surface area contributed by atoms with Crippen molar-refractivity contribution < 1.29 is 4.79 Å². The Morgan fingerprint density at radius 2 is 1.73 bits per heavy atom. The van der Waals surface area contributed by atoms with Gasteiger partial charge in [-0.1, -0.05) is 48.5 Å². The number of rotatable bonds is 8. The van der Waals surface area contributed by atoms with E-state index >= 15 is 0 Å². The van der Waals surface area contributed by atoms with E-state index in [1.165, 1.54) is 4.70 Å². The molecule has 1 unspecified atom stereocenters. The van der Waals surface area contributed by atoms with Crippen molar-refractivity contribution >= 4 is 27.5 Å². The van der Waals surface area contributed by atoms with E-state index in [2.05, 4.69) is 34.2 Å². The highest BCUT2D eigenvalue weighted by molar-refractivity contribution is 7.18. The van der Waals surface area contributed by atoms with Crippen LogP contribution in [-0.2, 0) is 11.2 Å². The molecule has 4 nitrogen and oxygen atoms in total. The highest BCUT2D eigenvalue weighted by Crippen LogP contribution is 2.27. The quantitative estimate of drug-likeness (QED) is 0.349. The second kappa shape index (κ2) is 9.63. The summed E-state index contributed by atoms with van der Waals surface area (Å²) >= 11 is 1.75. The summed E-state index contributed by atoms with van der Waals surface area (Å²) in [4.78, 5) is 24.0. The predicted molar refractivity (Wildman–Crippen MR) is 122 cm³/mol.